The Morgan fingerprint density at radius 3 is 1.90 bits per heavy atom. The highest BCUT2D eigenvalue weighted by molar-refractivity contribution is 6.04. The van der Waals surface area contributed by atoms with Crippen molar-refractivity contribution < 1.29 is 43.6 Å². The third kappa shape index (κ3) is 7.79. The molecule has 2 fully saturated rings. The van der Waals surface area contributed by atoms with Crippen molar-refractivity contribution in [3.63, 3.8) is 0 Å². The molecule has 0 aromatic rings. The first kappa shape index (κ1) is 40.3. The molecule has 0 aliphatic heterocycles. The molecule has 4 aliphatic rings. The Hall–Kier alpha value is -2.52. The van der Waals surface area contributed by atoms with Crippen LogP contribution < -0.4 is 0 Å². The minimum Gasteiger partial charge on any atom is -0.461 e. The maximum atomic E-state index is 13.5. The number of rotatable bonds is 19. The largest absolute Gasteiger partial charge is 0.461 e. The fourth-order valence-corrected chi connectivity index (χ4v) is 9.91. The second kappa shape index (κ2) is 16.4. The molecule has 0 saturated heterocycles. The first-order valence-electron chi connectivity index (χ1n) is 19.5. The summed E-state index contributed by atoms with van der Waals surface area (Å²) in [7, 11) is 0. The van der Waals surface area contributed by atoms with E-state index in [1.807, 2.05) is 13.8 Å². The van der Waals surface area contributed by atoms with E-state index < -0.39 is 75.7 Å². The molecule has 9 nitrogen and oxygen atoms in total. The third-order valence-electron chi connectivity index (χ3n) is 12.5. The van der Waals surface area contributed by atoms with Crippen LogP contribution in [0.25, 0.3) is 0 Å². The van der Waals surface area contributed by atoms with Crippen LogP contribution in [-0.2, 0) is 33.4 Å². The van der Waals surface area contributed by atoms with Crippen molar-refractivity contribution in [2.75, 3.05) is 6.61 Å². The zero-order valence-corrected chi connectivity index (χ0v) is 31.8. The lowest BCUT2D eigenvalue weighted by Gasteiger charge is -2.53. The number of ketones is 1. The molecule has 2 saturated carbocycles. The van der Waals surface area contributed by atoms with Crippen LogP contribution in [-0.4, -0.2) is 63.4 Å². The summed E-state index contributed by atoms with van der Waals surface area (Å²) in [6.45, 7) is 12.0. The average Bonchev–Trinajstić information content (AvgIpc) is 3.47. The van der Waals surface area contributed by atoms with Crippen molar-refractivity contribution in [1.82, 2.24) is 0 Å². The number of aliphatic hydroxyl groups is 2. The first-order chi connectivity index (χ1) is 23.6. The molecule has 0 aromatic carbocycles. The van der Waals surface area contributed by atoms with Gasteiger partial charge < -0.3 is 24.4 Å². The number of hydrogen-bond acceptors (Lipinski definition) is 9. The van der Waals surface area contributed by atoms with Crippen molar-refractivity contribution in [1.29, 1.82) is 0 Å². The molecule has 9 heteroatoms. The number of carbonyl (C=O) groups excluding carboxylic acids is 4. The van der Waals surface area contributed by atoms with E-state index in [-0.39, 0.29) is 19.4 Å². The van der Waals surface area contributed by atoms with E-state index in [1.54, 1.807) is 26.0 Å². The first-order valence-corrected chi connectivity index (χ1v) is 19.5. The SMILES string of the molecule is CCCCCCCCCCCCCCCCC(=O)O[C@@H]1[C@@H](C)[C@@]2(O)[C@@H](C=C(COC(C)=O)C[C@@]3(O)C(=O)C(C)=C[C@@H]23)[C@@H]2C(C)(C)[C@]12OC(C)=O. The highest BCUT2D eigenvalue weighted by atomic mass is 16.6. The number of unbranched alkanes of at least 4 members (excludes halogenated alkanes) is 13. The van der Waals surface area contributed by atoms with Crippen LogP contribution in [0.15, 0.2) is 23.3 Å². The predicted octanol–water partition coefficient (Wildman–Crippen LogP) is 7.49. The van der Waals surface area contributed by atoms with Gasteiger partial charge in [0.05, 0.1) is 5.60 Å². The standard InChI is InChI=1S/C41H64O9/c1-8-9-10-11-12-13-14-15-16-17-18-19-20-21-22-34(44)49-37-28(3)40(47)32(35-38(6,7)41(35,37)50-30(5)43)24-31(26-48-29(4)42)25-39(46)33(40)23-27(2)36(39)45/h23-24,28,32-33,35,37,46-47H,8-22,25-26H2,1-7H3/t28-,32+,33-,35-,37-,39+,40-,41-/m1/s1. The summed E-state index contributed by atoms with van der Waals surface area (Å²) in [5.74, 6) is -4.99. The van der Waals surface area contributed by atoms with Gasteiger partial charge in [0, 0.05) is 55.8 Å². The highest BCUT2D eigenvalue weighted by Crippen LogP contribution is 2.77. The summed E-state index contributed by atoms with van der Waals surface area (Å²) in [5, 5.41) is 25.0. The van der Waals surface area contributed by atoms with E-state index in [0.717, 1.165) is 19.3 Å². The zero-order chi connectivity index (χ0) is 36.9. The molecule has 0 unspecified atom stereocenters. The third-order valence-corrected chi connectivity index (χ3v) is 12.5. The Bertz CT molecular complexity index is 1310. The van der Waals surface area contributed by atoms with Gasteiger partial charge in [0.2, 0.25) is 0 Å². The summed E-state index contributed by atoms with van der Waals surface area (Å²) in [6.07, 6.45) is 19.4. The quantitative estimate of drug-likeness (QED) is 0.0608. The molecule has 4 aliphatic carbocycles. The van der Waals surface area contributed by atoms with E-state index in [0.29, 0.717) is 17.6 Å². The van der Waals surface area contributed by atoms with Crippen molar-refractivity contribution in [2.45, 2.75) is 174 Å². The predicted molar refractivity (Wildman–Crippen MR) is 191 cm³/mol. The van der Waals surface area contributed by atoms with Crippen LogP contribution in [0.2, 0.25) is 0 Å². The lowest BCUT2D eigenvalue weighted by atomic mass is 9.59. The molecule has 0 radical (unpaired) electrons. The van der Waals surface area contributed by atoms with Crippen LogP contribution in [0, 0.1) is 29.1 Å². The summed E-state index contributed by atoms with van der Waals surface area (Å²) >= 11 is 0. The minimum absolute atomic E-state index is 0.125. The Balaban J connectivity index is 1.44. The lowest BCUT2D eigenvalue weighted by molar-refractivity contribution is -0.228. The van der Waals surface area contributed by atoms with Gasteiger partial charge in [-0.15, -0.1) is 0 Å². The fourth-order valence-electron chi connectivity index (χ4n) is 9.91. The number of hydrogen-bond donors (Lipinski definition) is 2. The van der Waals surface area contributed by atoms with E-state index in [9.17, 15) is 29.4 Å². The molecule has 2 N–H and O–H groups in total. The maximum Gasteiger partial charge on any atom is 0.306 e. The van der Waals surface area contributed by atoms with Gasteiger partial charge in [-0.25, -0.2) is 0 Å². The number of carbonyl (C=O) groups is 4. The zero-order valence-electron chi connectivity index (χ0n) is 31.8. The Morgan fingerprint density at radius 1 is 0.840 bits per heavy atom. The fraction of sp³-hybridized carbons (Fsp3) is 0.805. The van der Waals surface area contributed by atoms with Crippen LogP contribution in [0.1, 0.15) is 151 Å². The van der Waals surface area contributed by atoms with Crippen molar-refractivity contribution in [2.24, 2.45) is 29.1 Å². The van der Waals surface area contributed by atoms with E-state index in [2.05, 4.69) is 6.92 Å². The van der Waals surface area contributed by atoms with Gasteiger partial charge in [-0.2, -0.15) is 0 Å². The Labute approximate surface area is 300 Å². The van der Waals surface area contributed by atoms with Crippen LogP contribution in [0.5, 0.6) is 0 Å². The van der Waals surface area contributed by atoms with Crippen molar-refractivity contribution in [3.8, 4) is 0 Å². The second-order valence-electron chi connectivity index (χ2n) is 16.4. The normalized spacial score (nSPS) is 33.6. The molecule has 0 bridgehead atoms. The van der Waals surface area contributed by atoms with Crippen LogP contribution in [0.3, 0.4) is 0 Å². The number of Topliss-reactive ketones (excluding diaryl/α,β-unsaturated/α-hetero) is 1. The summed E-state index contributed by atoms with van der Waals surface area (Å²) in [4.78, 5) is 51.4. The number of fused-ring (bicyclic) bond motifs is 5. The van der Waals surface area contributed by atoms with Gasteiger partial charge in [-0.05, 0) is 24.5 Å². The number of esters is 3. The Morgan fingerprint density at radius 2 is 1.38 bits per heavy atom. The number of ether oxygens (including phenoxy) is 3. The Kier molecular flexibility index (Phi) is 13.2. The lowest BCUT2D eigenvalue weighted by Crippen LogP contribution is -2.66. The van der Waals surface area contributed by atoms with Crippen LogP contribution >= 0.6 is 0 Å². The molecule has 0 heterocycles. The maximum absolute atomic E-state index is 13.5. The van der Waals surface area contributed by atoms with E-state index >= 15 is 0 Å². The molecule has 8 atom stereocenters. The van der Waals surface area contributed by atoms with E-state index in [1.165, 1.54) is 78.1 Å². The second-order valence-corrected chi connectivity index (χ2v) is 16.4. The average molecular weight is 701 g/mol. The van der Waals surface area contributed by atoms with Gasteiger partial charge in [0.25, 0.3) is 0 Å². The smallest absolute Gasteiger partial charge is 0.306 e. The molecule has 0 amide bonds. The van der Waals surface area contributed by atoms with Gasteiger partial charge in [-0.3, -0.25) is 19.2 Å². The molecule has 0 aromatic heterocycles. The van der Waals surface area contributed by atoms with Gasteiger partial charge >= 0.3 is 17.9 Å². The van der Waals surface area contributed by atoms with Crippen LogP contribution in [0.4, 0.5) is 0 Å². The van der Waals surface area contributed by atoms with Gasteiger partial charge in [-0.1, -0.05) is 123 Å². The molecule has 282 valence electrons. The molecular formula is C41H64O9. The monoisotopic (exact) mass is 700 g/mol. The van der Waals surface area contributed by atoms with E-state index in [4.69, 9.17) is 14.2 Å². The molecule has 4 rings (SSSR count). The molecular weight excluding hydrogens is 636 g/mol. The molecule has 50 heavy (non-hydrogen) atoms. The van der Waals surface area contributed by atoms with Gasteiger partial charge in [0.1, 0.15) is 18.3 Å². The topological polar surface area (TPSA) is 136 Å². The van der Waals surface area contributed by atoms with Crippen molar-refractivity contribution >= 4 is 23.7 Å². The summed E-state index contributed by atoms with van der Waals surface area (Å²) in [6, 6.07) is 0. The molecule has 0 spiro atoms. The van der Waals surface area contributed by atoms with Crippen molar-refractivity contribution in [3.05, 3.63) is 23.3 Å². The highest BCUT2D eigenvalue weighted by Gasteiger charge is 2.87. The minimum atomic E-state index is -1.98. The van der Waals surface area contributed by atoms with Gasteiger partial charge in [0.15, 0.2) is 11.4 Å². The summed E-state index contributed by atoms with van der Waals surface area (Å²) in [5.41, 5.74) is -4.84. The summed E-state index contributed by atoms with van der Waals surface area (Å²) < 4.78 is 17.7.